The molecule has 0 spiro atoms. The third-order valence-corrected chi connectivity index (χ3v) is 6.72. The Morgan fingerprint density at radius 1 is 0.969 bits per heavy atom. The number of ether oxygens (including phenoxy) is 2. The predicted molar refractivity (Wildman–Crippen MR) is 126 cm³/mol. The van der Waals surface area contributed by atoms with Crippen molar-refractivity contribution in [3.05, 3.63) is 71.3 Å². The van der Waals surface area contributed by atoms with Crippen LogP contribution in [0.25, 0.3) is 0 Å². The Bertz CT molecular complexity index is 861. The molecule has 2 aromatic carbocycles. The van der Waals surface area contributed by atoms with E-state index in [4.69, 9.17) is 9.47 Å². The van der Waals surface area contributed by atoms with Crippen molar-refractivity contribution in [3.8, 4) is 0 Å². The van der Waals surface area contributed by atoms with Crippen LogP contribution in [0, 0.1) is 11.8 Å². The summed E-state index contributed by atoms with van der Waals surface area (Å²) in [6.07, 6.45) is 8.73. The molecule has 4 heteroatoms. The number of benzene rings is 2. The van der Waals surface area contributed by atoms with Crippen LogP contribution in [0.15, 0.2) is 54.6 Å². The molecule has 0 amide bonds. The van der Waals surface area contributed by atoms with Crippen LogP contribution in [0.4, 0.5) is 0 Å². The molecule has 0 saturated heterocycles. The number of esters is 2. The van der Waals surface area contributed by atoms with Crippen LogP contribution in [0.5, 0.6) is 0 Å². The first-order chi connectivity index (χ1) is 15.6. The average Bonchev–Trinajstić information content (AvgIpc) is 2.82. The fourth-order valence-corrected chi connectivity index (χ4v) is 4.65. The molecule has 3 rings (SSSR count). The molecule has 32 heavy (non-hydrogen) atoms. The Balaban J connectivity index is 1.75. The van der Waals surface area contributed by atoms with Crippen LogP contribution in [0.3, 0.4) is 0 Å². The lowest BCUT2D eigenvalue weighted by atomic mass is 9.84. The SMILES string of the molecule is CCC1CCCCC(C(=O)O[C@H](CCc2ccccc2)c2cccc(C(=O)OC)c2)CC1. The van der Waals surface area contributed by atoms with Crippen LogP contribution in [0.2, 0.25) is 0 Å². The zero-order valence-corrected chi connectivity index (χ0v) is 19.4. The van der Waals surface area contributed by atoms with Crippen molar-refractivity contribution < 1.29 is 19.1 Å². The van der Waals surface area contributed by atoms with Gasteiger partial charge in [-0.3, -0.25) is 4.79 Å². The zero-order chi connectivity index (χ0) is 22.8. The van der Waals surface area contributed by atoms with Crippen LogP contribution in [0.1, 0.15) is 85.9 Å². The largest absolute Gasteiger partial charge is 0.465 e. The molecule has 0 aliphatic heterocycles. The molecule has 4 nitrogen and oxygen atoms in total. The van der Waals surface area contributed by atoms with Gasteiger partial charge in [-0.1, -0.05) is 75.1 Å². The highest BCUT2D eigenvalue weighted by atomic mass is 16.5. The highest BCUT2D eigenvalue weighted by Crippen LogP contribution is 2.31. The topological polar surface area (TPSA) is 52.6 Å². The molecule has 1 aliphatic carbocycles. The van der Waals surface area contributed by atoms with E-state index in [0.717, 1.165) is 43.6 Å². The molecule has 172 valence electrons. The number of hydrogen-bond acceptors (Lipinski definition) is 4. The number of rotatable bonds is 8. The summed E-state index contributed by atoms with van der Waals surface area (Å²) in [5.74, 6) is 0.206. The van der Waals surface area contributed by atoms with Gasteiger partial charge in [-0.15, -0.1) is 0 Å². The van der Waals surface area contributed by atoms with Gasteiger partial charge in [-0.2, -0.15) is 0 Å². The van der Waals surface area contributed by atoms with E-state index >= 15 is 0 Å². The fourth-order valence-electron chi connectivity index (χ4n) is 4.65. The summed E-state index contributed by atoms with van der Waals surface area (Å²) in [6.45, 7) is 2.24. The smallest absolute Gasteiger partial charge is 0.337 e. The van der Waals surface area contributed by atoms with Crippen molar-refractivity contribution in [1.29, 1.82) is 0 Å². The van der Waals surface area contributed by atoms with Crippen LogP contribution in [-0.2, 0) is 20.7 Å². The van der Waals surface area contributed by atoms with Gasteiger partial charge in [0.05, 0.1) is 18.6 Å². The lowest BCUT2D eigenvalue weighted by Gasteiger charge is -2.26. The number of carbonyl (C=O) groups is 2. The van der Waals surface area contributed by atoms with Crippen molar-refractivity contribution in [3.63, 3.8) is 0 Å². The normalized spacial score (nSPS) is 19.9. The second-order valence-corrected chi connectivity index (χ2v) is 8.90. The van der Waals surface area contributed by atoms with E-state index in [1.807, 2.05) is 30.3 Å². The lowest BCUT2D eigenvalue weighted by molar-refractivity contribution is -0.155. The van der Waals surface area contributed by atoms with Crippen molar-refractivity contribution in [2.24, 2.45) is 11.8 Å². The van der Waals surface area contributed by atoms with Crippen molar-refractivity contribution in [2.75, 3.05) is 7.11 Å². The third-order valence-electron chi connectivity index (χ3n) is 6.72. The molecular weight excluding hydrogens is 400 g/mol. The first-order valence-electron chi connectivity index (χ1n) is 12.0. The molecule has 1 saturated carbocycles. The minimum absolute atomic E-state index is 0.0348. The summed E-state index contributed by atoms with van der Waals surface area (Å²) in [5.41, 5.74) is 2.52. The van der Waals surface area contributed by atoms with Gasteiger partial charge < -0.3 is 9.47 Å². The molecule has 0 bridgehead atoms. The highest BCUT2D eigenvalue weighted by molar-refractivity contribution is 5.89. The predicted octanol–water partition coefficient (Wildman–Crippen LogP) is 6.69. The summed E-state index contributed by atoms with van der Waals surface area (Å²) < 4.78 is 11.0. The van der Waals surface area contributed by atoms with Crippen molar-refractivity contribution in [2.45, 2.75) is 70.8 Å². The number of hydrogen-bond donors (Lipinski definition) is 0. The Kier molecular flexibility index (Phi) is 9.33. The molecule has 2 aromatic rings. The van der Waals surface area contributed by atoms with E-state index in [2.05, 4.69) is 19.1 Å². The zero-order valence-electron chi connectivity index (χ0n) is 19.4. The molecule has 3 atom stereocenters. The van der Waals surface area contributed by atoms with E-state index in [-0.39, 0.29) is 24.0 Å². The standard InChI is InChI=1S/C28H36O4/c1-3-21-10-7-8-13-23(18-16-21)28(30)32-26(19-17-22-11-5-4-6-12-22)24-14-9-15-25(20-24)27(29)31-2/h4-6,9,11-12,14-15,20-21,23,26H,3,7-8,10,13,16-19H2,1-2H3/t21?,23?,26-/m1/s1. The van der Waals surface area contributed by atoms with E-state index in [1.54, 1.807) is 12.1 Å². The average molecular weight is 437 g/mol. The van der Waals surface area contributed by atoms with E-state index in [0.29, 0.717) is 12.0 Å². The fraction of sp³-hybridized carbons (Fsp3) is 0.500. The number of aryl methyl sites for hydroxylation is 1. The molecule has 2 unspecified atom stereocenters. The first kappa shape index (κ1) is 24.0. The maximum atomic E-state index is 13.2. The molecule has 1 aliphatic rings. The molecule has 0 aromatic heterocycles. The quantitative estimate of drug-likeness (QED) is 0.433. The molecule has 0 N–H and O–H groups in total. The Morgan fingerprint density at radius 3 is 2.50 bits per heavy atom. The Hall–Kier alpha value is -2.62. The highest BCUT2D eigenvalue weighted by Gasteiger charge is 2.27. The van der Waals surface area contributed by atoms with Gasteiger partial charge in [0.1, 0.15) is 6.10 Å². The summed E-state index contributed by atoms with van der Waals surface area (Å²) in [4.78, 5) is 25.3. The van der Waals surface area contributed by atoms with Crippen LogP contribution in [-0.4, -0.2) is 19.0 Å². The third kappa shape index (κ3) is 6.94. The van der Waals surface area contributed by atoms with Crippen LogP contribution < -0.4 is 0 Å². The number of carbonyl (C=O) groups excluding carboxylic acids is 2. The second kappa shape index (κ2) is 12.4. The summed E-state index contributed by atoms with van der Waals surface area (Å²) in [6, 6.07) is 17.5. The summed E-state index contributed by atoms with van der Waals surface area (Å²) >= 11 is 0. The van der Waals surface area contributed by atoms with E-state index < -0.39 is 0 Å². The minimum Gasteiger partial charge on any atom is -0.465 e. The van der Waals surface area contributed by atoms with Gasteiger partial charge in [0.15, 0.2) is 0 Å². The molecule has 0 heterocycles. The Morgan fingerprint density at radius 2 is 1.75 bits per heavy atom. The van der Waals surface area contributed by atoms with E-state index in [1.165, 1.54) is 31.9 Å². The van der Waals surface area contributed by atoms with Crippen molar-refractivity contribution >= 4 is 11.9 Å². The van der Waals surface area contributed by atoms with Gasteiger partial charge in [0, 0.05) is 0 Å². The summed E-state index contributed by atoms with van der Waals surface area (Å²) in [5, 5.41) is 0. The summed E-state index contributed by atoms with van der Waals surface area (Å²) in [7, 11) is 1.38. The van der Waals surface area contributed by atoms with Gasteiger partial charge in [0.25, 0.3) is 0 Å². The van der Waals surface area contributed by atoms with Gasteiger partial charge in [0.2, 0.25) is 0 Å². The maximum absolute atomic E-state index is 13.2. The first-order valence-corrected chi connectivity index (χ1v) is 12.0. The van der Waals surface area contributed by atoms with Gasteiger partial charge in [-0.25, -0.2) is 4.79 Å². The van der Waals surface area contributed by atoms with Crippen LogP contribution >= 0.6 is 0 Å². The van der Waals surface area contributed by atoms with E-state index in [9.17, 15) is 9.59 Å². The molecule has 1 fully saturated rings. The monoisotopic (exact) mass is 436 g/mol. The molecule has 0 radical (unpaired) electrons. The molecular formula is C28H36O4. The Labute approximate surface area is 192 Å². The number of methoxy groups -OCH3 is 1. The van der Waals surface area contributed by atoms with Gasteiger partial charge in [-0.05, 0) is 61.3 Å². The van der Waals surface area contributed by atoms with Gasteiger partial charge >= 0.3 is 11.9 Å². The maximum Gasteiger partial charge on any atom is 0.337 e. The second-order valence-electron chi connectivity index (χ2n) is 8.90. The van der Waals surface area contributed by atoms with Crippen molar-refractivity contribution in [1.82, 2.24) is 0 Å². The lowest BCUT2D eigenvalue weighted by Crippen LogP contribution is -2.23. The minimum atomic E-state index is -0.389.